The number of thioether (sulfide) groups is 5. The molecule has 0 aliphatic rings. The van der Waals surface area contributed by atoms with Crippen molar-refractivity contribution in [2.75, 3.05) is 70.7 Å². The molecule has 2 unspecified atom stereocenters. The molecular weight excluding hydrogens is 425 g/mol. The van der Waals surface area contributed by atoms with Gasteiger partial charge in [-0.1, -0.05) is 0 Å². The number of aliphatic hydroxyl groups is 2. The number of thiol groups is 2. The molecule has 0 aliphatic heterocycles. The van der Waals surface area contributed by atoms with Crippen molar-refractivity contribution < 1.29 is 10.2 Å². The summed E-state index contributed by atoms with van der Waals surface area (Å²) in [6, 6.07) is 0. The van der Waals surface area contributed by atoms with Gasteiger partial charge in [0.15, 0.2) is 0 Å². The smallest absolute Gasteiger partial charge is 0.0521 e. The Labute approximate surface area is 174 Å². The minimum atomic E-state index is 0.272. The van der Waals surface area contributed by atoms with Crippen molar-refractivity contribution in [2.45, 2.75) is 10.5 Å². The Bertz CT molecular complexity index is 237. The van der Waals surface area contributed by atoms with Crippen LogP contribution in [0.5, 0.6) is 0 Å². The lowest BCUT2D eigenvalue weighted by molar-refractivity contribution is 0.322. The van der Waals surface area contributed by atoms with Crippen LogP contribution in [0.4, 0.5) is 0 Å². The summed E-state index contributed by atoms with van der Waals surface area (Å²) < 4.78 is 0. The van der Waals surface area contributed by atoms with Gasteiger partial charge in [-0.05, 0) is 5.75 Å². The van der Waals surface area contributed by atoms with Gasteiger partial charge in [0, 0.05) is 62.3 Å². The van der Waals surface area contributed by atoms with Gasteiger partial charge in [-0.2, -0.15) is 84.1 Å². The second kappa shape index (κ2) is 20.7. The van der Waals surface area contributed by atoms with E-state index in [1.54, 1.807) is 0 Å². The highest BCUT2D eigenvalue weighted by Crippen LogP contribution is 2.24. The van der Waals surface area contributed by atoms with E-state index in [1.807, 2.05) is 58.8 Å². The highest BCUT2D eigenvalue weighted by Gasteiger charge is 2.12. The van der Waals surface area contributed by atoms with Crippen LogP contribution < -0.4 is 0 Å². The fraction of sp³-hybridized carbons (Fsp3) is 1.00. The fourth-order valence-electron chi connectivity index (χ4n) is 1.57. The maximum absolute atomic E-state index is 8.90. The predicted octanol–water partition coefficient (Wildman–Crippen LogP) is 3.23. The predicted molar refractivity (Wildman–Crippen MR) is 126 cm³/mol. The largest absolute Gasteiger partial charge is 0.396 e. The molecule has 9 heteroatoms. The zero-order valence-corrected chi connectivity index (χ0v) is 19.3. The van der Waals surface area contributed by atoms with E-state index >= 15 is 0 Å². The highest BCUT2D eigenvalue weighted by atomic mass is 32.2. The van der Waals surface area contributed by atoms with Gasteiger partial charge >= 0.3 is 0 Å². The first-order valence-corrected chi connectivity index (χ1v) is 14.5. The molecule has 140 valence electrons. The minimum Gasteiger partial charge on any atom is -0.396 e. The molecule has 0 aromatic rings. The maximum atomic E-state index is 8.90. The summed E-state index contributed by atoms with van der Waals surface area (Å²) in [5.41, 5.74) is 0. The summed E-state index contributed by atoms with van der Waals surface area (Å²) in [5, 5.41) is 18.9. The van der Waals surface area contributed by atoms with Crippen LogP contribution in [-0.4, -0.2) is 91.5 Å². The van der Waals surface area contributed by atoms with Crippen LogP contribution in [0.25, 0.3) is 0 Å². The average molecular weight is 455 g/mol. The zero-order chi connectivity index (χ0) is 17.2. The molecule has 0 amide bonds. The molecule has 0 fully saturated rings. The zero-order valence-electron chi connectivity index (χ0n) is 13.5. The molecule has 2 N–H and O–H groups in total. The second-order valence-corrected chi connectivity index (χ2v) is 11.6. The van der Waals surface area contributed by atoms with E-state index in [9.17, 15) is 0 Å². The van der Waals surface area contributed by atoms with Crippen LogP contribution in [0.3, 0.4) is 0 Å². The third-order valence-electron chi connectivity index (χ3n) is 2.61. The van der Waals surface area contributed by atoms with Crippen molar-refractivity contribution in [3.8, 4) is 0 Å². The van der Waals surface area contributed by atoms with E-state index in [4.69, 9.17) is 10.2 Å². The van der Waals surface area contributed by atoms with Gasteiger partial charge < -0.3 is 10.2 Å². The minimum absolute atomic E-state index is 0.272. The quantitative estimate of drug-likeness (QED) is 0.187. The van der Waals surface area contributed by atoms with E-state index in [2.05, 4.69) is 25.3 Å². The Balaban J connectivity index is 3.82. The lowest BCUT2D eigenvalue weighted by Crippen LogP contribution is -2.16. The van der Waals surface area contributed by atoms with Crippen LogP contribution >= 0.6 is 84.1 Å². The van der Waals surface area contributed by atoms with E-state index in [-0.39, 0.29) is 13.2 Å². The Morgan fingerprint density at radius 1 is 0.652 bits per heavy atom. The molecular formula is C14H30O2S7. The lowest BCUT2D eigenvalue weighted by atomic mass is 10.5. The van der Waals surface area contributed by atoms with Crippen molar-refractivity contribution in [3.63, 3.8) is 0 Å². The molecule has 0 aromatic heterocycles. The van der Waals surface area contributed by atoms with E-state index in [0.717, 1.165) is 51.8 Å². The van der Waals surface area contributed by atoms with Gasteiger partial charge in [0.25, 0.3) is 0 Å². The number of hydrogen-bond acceptors (Lipinski definition) is 9. The summed E-state index contributed by atoms with van der Waals surface area (Å²) in [6.45, 7) is 0.551. The molecule has 0 rings (SSSR count). The number of hydrogen-bond donors (Lipinski definition) is 4. The van der Waals surface area contributed by atoms with Crippen molar-refractivity contribution in [2.24, 2.45) is 0 Å². The normalized spacial score (nSPS) is 14.1. The van der Waals surface area contributed by atoms with Crippen molar-refractivity contribution in [1.29, 1.82) is 0 Å². The first-order valence-electron chi connectivity index (χ1n) is 7.68. The summed E-state index contributed by atoms with van der Waals surface area (Å²) in [5.74, 6) is 10.3. The van der Waals surface area contributed by atoms with Gasteiger partial charge in [0.1, 0.15) is 0 Å². The van der Waals surface area contributed by atoms with Gasteiger partial charge in [0.2, 0.25) is 0 Å². The van der Waals surface area contributed by atoms with E-state index < -0.39 is 0 Å². The number of rotatable bonds is 18. The first-order chi connectivity index (χ1) is 11.3. The van der Waals surface area contributed by atoms with Gasteiger partial charge in [-0.15, -0.1) is 0 Å². The average Bonchev–Trinajstić information content (AvgIpc) is 2.57. The van der Waals surface area contributed by atoms with Gasteiger partial charge in [-0.25, -0.2) is 0 Å². The van der Waals surface area contributed by atoms with Gasteiger partial charge in [0.05, 0.1) is 13.2 Å². The van der Waals surface area contributed by atoms with Crippen molar-refractivity contribution in [1.82, 2.24) is 0 Å². The molecule has 0 saturated heterocycles. The summed E-state index contributed by atoms with van der Waals surface area (Å²) >= 11 is 18.5. The van der Waals surface area contributed by atoms with Crippen molar-refractivity contribution >= 4 is 84.1 Å². The van der Waals surface area contributed by atoms with Crippen molar-refractivity contribution in [3.05, 3.63) is 0 Å². The molecule has 0 radical (unpaired) electrons. The van der Waals surface area contributed by atoms with Crippen LogP contribution in [0.15, 0.2) is 0 Å². The molecule has 0 bridgehead atoms. The van der Waals surface area contributed by atoms with Crippen LogP contribution in [0, 0.1) is 0 Å². The molecule has 0 spiro atoms. The van der Waals surface area contributed by atoms with Crippen LogP contribution in [0.2, 0.25) is 0 Å². The summed E-state index contributed by atoms with van der Waals surface area (Å²) in [7, 11) is 0. The summed E-state index contributed by atoms with van der Waals surface area (Å²) in [4.78, 5) is 0. The molecule has 0 aromatic carbocycles. The number of aliphatic hydroxyl groups excluding tert-OH is 2. The van der Waals surface area contributed by atoms with Crippen LogP contribution in [0.1, 0.15) is 0 Å². The monoisotopic (exact) mass is 454 g/mol. The third-order valence-corrected chi connectivity index (χ3v) is 10.6. The first kappa shape index (κ1) is 25.4. The van der Waals surface area contributed by atoms with Gasteiger partial charge in [-0.3, -0.25) is 0 Å². The fourth-order valence-corrected chi connectivity index (χ4v) is 8.32. The third kappa shape index (κ3) is 17.5. The SMILES string of the molecule is OCCSCCSC(CS)CSCC(CSCCO)SCCS. The summed E-state index contributed by atoms with van der Waals surface area (Å²) in [6.07, 6.45) is 0. The standard InChI is InChI=1S/C14H30O2S7/c15-1-4-19-7-8-23-13(9-18)10-21-12-14(22-6-3-17)11-20-5-2-16/h13-18H,1-12H2. The van der Waals surface area contributed by atoms with Crippen LogP contribution in [-0.2, 0) is 0 Å². The van der Waals surface area contributed by atoms with E-state index in [0.29, 0.717) is 10.5 Å². The second-order valence-electron chi connectivity index (χ2n) is 4.56. The topological polar surface area (TPSA) is 40.5 Å². The molecule has 23 heavy (non-hydrogen) atoms. The Morgan fingerprint density at radius 3 is 1.91 bits per heavy atom. The Hall–Kier alpha value is 2.37. The molecule has 0 aliphatic carbocycles. The highest BCUT2D eigenvalue weighted by molar-refractivity contribution is 8.07. The lowest BCUT2D eigenvalue weighted by Gasteiger charge is -2.18. The molecule has 0 saturated carbocycles. The molecule has 2 atom stereocenters. The molecule has 2 nitrogen and oxygen atoms in total. The Kier molecular flexibility index (Phi) is 22.8. The van der Waals surface area contributed by atoms with E-state index in [1.165, 1.54) is 5.75 Å². The molecule has 0 heterocycles. The maximum Gasteiger partial charge on any atom is 0.0521 e. The Morgan fingerprint density at radius 2 is 1.26 bits per heavy atom.